The molecule has 1 N–H and O–H groups in total. The minimum absolute atomic E-state index is 0.00131. The van der Waals surface area contributed by atoms with Crippen molar-refractivity contribution in [3.63, 3.8) is 0 Å². The zero-order chi connectivity index (χ0) is 15.3. The lowest BCUT2D eigenvalue weighted by molar-refractivity contribution is 0.373. The van der Waals surface area contributed by atoms with E-state index in [-0.39, 0.29) is 23.0 Å². The first kappa shape index (κ1) is 18.9. The average Bonchev–Trinajstić information content (AvgIpc) is 2.10. The van der Waals surface area contributed by atoms with Gasteiger partial charge in [-0.2, -0.15) is 0 Å². The average molecular weight is 313 g/mol. The highest BCUT2D eigenvalue weighted by Crippen LogP contribution is 2.20. The number of sulfonamides is 1. The summed E-state index contributed by atoms with van der Waals surface area (Å²) in [6.07, 6.45) is 2.90. The van der Waals surface area contributed by atoms with Gasteiger partial charge in [0.1, 0.15) is 9.84 Å². The molecule has 1 unspecified atom stereocenters. The lowest BCUT2D eigenvalue weighted by Gasteiger charge is -2.18. The molecule has 5 nitrogen and oxygen atoms in total. The van der Waals surface area contributed by atoms with E-state index in [2.05, 4.69) is 25.5 Å². The lowest BCUT2D eigenvalue weighted by Crippen LogP contribution is -2.35. The third kappa shape index (κ3) is 12.6. The van der Waals surface area contributed by atoms with E-state index in [4.69, 9.17) is 0 Å². The summed E-state index contributed by atoms with van der Waals surface area (Å²) in [5, 5.41) is 0. The quantitative estimate of drug-likeness (QED) is 0.737. The van der Waals surface area contributed by atoms with Crippen LogP contribution >= 0.6 is 0 Å². The van der Waals surface area contributed by atoms with Crippen molar-refractivity contribution in [2.24, 2.45) is 5.41 Å². The van der Waals surface area contributed by atoms with Gasteiger partial charge in [0.05, 0.1) is 11.5 Å². The van der Waals surface area contributed by atoms with Crippen molar-refractivity contribution < 1.29 is 16.8 Å². The van der Waals surface area contributed by atoms with Crippen LogP contribution in [0.15, 0.2) is 0 Å². The predicted octanol–water partition coefficient (Wildman–Crippen LogP) is 1.56. The first-order valence-corrected chi connectivity index (χ1v) is 10.2. The summed E-state index contributed by atoms with van der Waals surface area (Å²) in [4.78, 5) is 0. The lowest BCUT2D eigenvalue weighted by atomic mass is 9.91. The Morgan fingerprint density at radius 2 is 1.58 bits per heavy atom. The molecule has 0 aliphatic carbocycles. The second-order valence-corrected chi connectivity index (χ2v) is 10.6. The van der Waals surface area contributed by atoms with E-state index in [9.17, 15) is 16.8 Å². The van der Waals surface area contributed by atoms with Crippen LogP contribution in [0.25, 0.3) is 0 Å². The second-order valence-electron chi connectivity index (χ2n) is 6.42. The minimum Gasteiger partial charge on any atom is -0.229 e. The van der Waals surface area contributed by atoms with Crippen molar-refractivity contribution in [1.29, 1.82) is 0 Å². The van der Waals surface area contributed by atoms with Gasteiger partial charge in [-0.3, -0.25) is 0 Å². The van der Waals surface area contributed by atoms with E-state index >= 15 is 0 Å². The molecule has 0 aromatic rings. The number of hydrogen-bond donors (Lipinski definition) is 1. The molecule has 0 aromatic heterocycles. The van der Waals surface area contributed by atoms with Gasteiger partial charge >= 0.3 is 0 Å². The topological polar surface area (TPSA) is 80.3 Å². The van der Waals surface area contributed by atoms with Gasteiger partial charge in [-0.15, -0.1) is 0 Å². The Bertz CT molecular complexity index is 460. The fraction of sp³-hybridized carbons (Fsp3) is 1.00. The van der Waals surface area contributed by atoms with Gasteiger partial charge in [0.2, 0.25) is 10.0 Å². The summed E-state index contributed by atoms with van der Waals surface area (Å²) < 4.78 is 48.1. The third-order valence-corrected chi connectivity index (χ3v) is 5.21. The van der Waals surface area contributed by atoms with Crippen molar-refractivity contribution in [1.82, 2.24) is 4.72 Å². The molecule has 0 rings (SSSR count). The molecule has 0 saturated carbocycles. The number of nitrogens with one attached hydrogen (secondary N) is 1. The summed E-state index contributed by atoms with van der Waals surface area (Å²) >= 11 is 0. The van der Waals surface area contributed by atoms with E-state index in [1.54, 1.807) is 6.92 Å². The van der Waals surface area contributed by atoms with E-state index in [0.29, 0.717) is 12.8 Å². The Kier molecular flexibility index (Phi) is 6.99. The van der Waals surface area contributed by atoms with Gasteiger partial charge in [0, 0.05) is 12.3 Å². The SMILES string of the molecule is CC(CCS(C)(=O)=O)NS(=O)(=O)CCCC(C)(C)C. The van der Waals surface area contributed by atoms with Gasteiger partial charge in [-0.25, -0.2) is 21.6 Å². The molecule has 0 amide bonds. The largest absolute Gasteiger partial charge is 0.229 e. The van der Waals surface area contributed by atoms with E-state index in [1.165, 1.54) is 0 Å². The van der Waals surface area contributed by atoms with Crippen LogP contribution in [0, 0.1) is 5.41 Å². The molecule has 0 spiro atoms. The van der Waals surface area contributed by atoms with Crippen LogP contribution in [0.4, 0.5) is 0 Å². The monoisotopic (exact) mass is 313 g/mol. The highest BCUT2D eigenvalue weighted by atomic mass is 32.2. The maximum absolute atomic E-state index is 11.8. The van der Waals surface area contributed by atoms with Crippen LogP contribution in [0.1, 0.15) is 47.0 Å². The molecule has 1 atom stereocenters. The van der Waals surface area contributed by atoms with E-state index in [0.717, 1.165) is 12.7 Å². The summed E-state index contributed by atoms with van der Waals surface area (Å²) in [6.45, 7) is 7.90. The molecule has 0 heterocycles. The van der Waals surface area contributed by atoms with Crippen molar-refractivity contribution >= 4 is 19.9 Å². The molecule has 19 heavy (non-hydrogen) atoms. The second kappa shape index (κ2) is 7.04. The molecular weight excluding hydrogens is 286 g/mol. The molecule has 0 saturated heterocycles. The highest BCUT2D eigenvalue weighted by molar-refractivity contribution is 7.90. The Morgan fingerprint density at radius 1 is 1.05 bits per heavy atom. The first-order chi connectivity index (χ1) is 8.31. The third-order valence-electron chi connectivity index (χ3n) is 2.64. The molecule has 0 radical (unpaired) electrons. The van der Waals surface area contributed by atoms with Crippen molar-refractivity contribution in [2.75, 3.05) is 17.8 Å². The standard InChI is InChI=1S/C12H27NO4S2/c1-11(7-10-18(5,14)15)13-19(16,17)9-6-8-12(2,3)4/h11,13H,6-10H2,1-5H3. The van der Waals surface area contributed by atoms with E-state index in [1.807, 2.05) is 0 Å². The van der Waals surface area contributed by atoms with Gasteiger partial charge in [0.25, 0.3) is 0 Å². The molecular formula is C12H27NO4S2. The van der Waals surface area contributed by atoms with Gasteiger partial charge in [-0.1, -0.05) is 20.8 Å². The van der Waals surface area contributed by atoms with Gasteiger partial charge in [-0.05, 0) is 31.6 Å². The summed E-state index contributed by atoms with van der Waals surface area (Å²) in [5.74, 6) is 0.0894. The van der Waals surface area contributed by atoms with Crippen molar-refractivity contribution in [2.45, 2.75) is 53.0 Å². The van der Waals surface area contributed by atoms with Gasteiger partial charge < -0.3 is 0 Å². The molecule has 116 valence electrons. The molecule has 0 bridgehead atoms. The molecule has 0 aliphatic heterocycles. The van der Waals surface area contributed by atoms with Crippen molar-refractivity contribution in [3.8, 4) is 0 Å². The first-order valence-electron chi connectivity index (χ1n) is 6.48. The molecule has 7 heteroatoms. The molecule has 0 aromatic carbocycles. The number of rotatable bonds is 8. The normalized spacial score (nSPS) is 15.4. The van der Waals surface area contributed by atoms with Crippen LogP contribution < -0.4 is 4.72 Å². The van der Waals surface area contributed by atoms with Crippen LogP contribution in [-0.2, 0) is 19.9 Å². The number of sulfone groups is 1. The fourth-order valence-electron chi connectivity index (χ4n) is 1.61. The van der Waals surface area contributed by atoms with Crippen LogP contribution in [0.3, 0.4) is 0 Å². The van der Waals surface area contributed by atoms with Crippen LogP contribution in [0.2, 0.25) is 0 Å². The molecule has 0 aliphatic rings. The zero-order valence-corrected chi connectivity index (χ0v) is 14.2. The Morgan fingerprint density at radius 3 is 2.00 bits per heavy atom. The maximum Gasteiger partial charge on any atom is 0.211 e. The predicted molar refractivity (Wildman–Crippen MR) is 79.4 cm³/mol. The Labute approximate surface area is 118 Å². The van der Waals surface area contributed by atoms with Gasteiger partial charge in [0.15, 0.2) is 0 Å². The van der Waals surface area contributed by atoms with Crippen molar-refractivity contribution in [3.05, 3.63) is 0 Å². The fourth-order valence-corrected chi connectivity index (χ4v) is 3.76. The van der Waals surface area contributed by atoms with Crippen LogP contribution in [-0.4, -0.2) is 40.6 Å². The van der Waals surface area contributed by atoms with Crippen LogP contribution in [0.5, 0.6) is 0 Å². The Balaban J connectivity index is 4.15. The smallest absolute Gasteiger partial charge is 0.211 e. The number of hydrogen-bond acceptors (Lipinski definition) is 4. The Hall–Kier alpha value is -0.140. The summed E-state index contributed by atoms with van der Waals surface area (Å²) in [7, 11) is -6.36. The molecule has 0 fully saturated rings. The maximum atomic E-state index is 11.8. The summed E-state index contributed by atoms with van der Waals surface area (Å²) in [5.41, 5.74) is 0.122. The minimum atomic E-state index is -3.32. The van der Waals surface area contributed by atoms with E-state index < -0.39 is 19.9 Å². The summed E-state index contributed by atoms with van der Waals surface area (Å²) in [6, 6.07) is -0.352. The zero-order valence-electron chi connectivity index (χ0n) is 12.6. The highest BCUT2D eigenvalue weighted by Gasteiger charge is 2.17.